The number of fused-ring (bicyclic) bond motifs is 3. The number of rotatable bonds is 6. The van der Waals surface area contributed by atoms with Crippen LogP contribution >= 0.6 is 0 Å². The second kappa shape index (κ2) is 12.2. The molecule has 0 saturated heterocycles. The van der Waals surface area contributed by atoms with E-state index in [-0.39, 0.29) is 0 Å². The fraction of sp³-hybridized carbons (Fsp3) is 0. The van der Waals surface area contributed by atoms with Crippen molar-refractivity contribution in [2.24, 2.45) is 0 Å². The number of benzene rings is 7. The topological polar surface area (TPSA) is 51.8 Å². The van der Waals surface area contributed by atoms with E-state index in [0.29, 0.717) is 17.5 Å². The van der Waals surface area contributed by atoms with E-state index in [0.717, 1.165) is 66.4 Å². The molecule has 0 aliphatic rings. The summed E-state index contributed by atoms with van der Waals surface area (Å²) in [7, 11) is 0. The third kappa shape index (κ3) is 5.35. The molecule has 0 bridgehead atoms. The molecule has 7 aromatic carbocycles. The van der Waals surface area contributed by atoms with Crippen molar-refractivity contribution in [3.05, 3.63) is 176 Å². The Labute approximate surface area is 284 Å². The van der Waals surface area contributed by atoms with Gasteiger partial charge in [0.1, 0.15) is 11.2 Å². The highest BCUT2D eigenvalue weighted by Gasteiger charge is 2.19. The molecule has 4 nitrogen and oxygen atoms in total. The van der Waals surface area contributed by atoms with E-state index in [1.165, 1.54) is 5.56 Å². The molecule has 0 N–H and O–H groups in total. The van der Waals surface area contributed by atoms with Crippen molar-refractivity contribution in [3.63, 3.8) is 0 Å². The smallest absolute Gasteiger partial charge is 0.167 e. The third-order valence-corrected chi connectivity index (χ3v) is 8.96. The minimum absolute atomic E-state index is 0.563. The summed E-state index contributed by atoms with van der Waals surface area (Å²) in [6.07, 6.45) is 0. The highest BCUT2D eigenvalue weighted by atomic mass is 16.3. The molecule has 0 fully saturated rings. The minimum atomic E-state index is 0.563. The minimum Gasteiger partial charge on any atom is -0.455 e. The first-order valence-electron chi connectivity index (χ1n) is 16.4. The van der Waals surface area contributed by atoms with Gasteiger partial charge in [-0.3, -0.25) is 0 Å². The molecule has 0 aliphatic heterocycles. The zero-order valence-electron chi connectivity index (χ0n) is 26.5. The van der Waals surface area contributed by atoms with Crippen molar-refractivity contribution >= 4 is 21.9 Å². The number of hydrogen-bond acceptors (Lipinski definition) is 4. The van der Waals surface area contributed by atoms with Gasteiger partial charge in [0.25, 0.3) is 0 Å². The van der Waals surface area contributed by atoms with Crippen molar-refractivity contribution in [1.29, 1.82) is 0 Å². The second-order valence-electron chi connectivity index (χ2n) is 12.0. The Hall–Kier alpha value is -6.65. The molecule has 230 valence electrons. The van der Waals surface area contributed by atoms with Crippen molar-refractivity contribution in [2.75, 3.05) is 0 Å². The van der Waals surface area contributed by atoms with Crippen LogP contribution in [0.2, 0.25) is 0 Å². The Kier molecular flexibility index (Phi) is 7.10. The molecule has 9 rings (SSSR count). The van der Waals surface area contributed by atoms with E-state index in [1.54, 1.807) is 0 Å². The van der Waals surface area contributed by atoms with Gasteiger partial charge in [0, 0.05) is 27.5 Å². The van der Waals surface area contributed by atoms with Crippen LogP contribution in [0.4, 0.5) is 0 Å². The van der Waals surface area contributed by atoms with Gasteiger partial charge < -0.3 is 4.42 Å². The SMILES string of the molecule is c1ccc(-c2ccc(-c3nc(-c4ccccc4)nc(-c4cccc5c4oc4c(-c6cccc(-c7ccccc7)c6)cccc45)n3)cc2)cc1. The average molecular weight is 628 g/mol. The predicted molar refractivity (Wildman–Crippen MR) is 200 cm³/mol. The lowest BCUT2D eigenvalue weighted by Crippen LogP contribution is -2.00. The van der Waals surface area contributed by atoms with Crippen molar-refractivity contribution < 1.29 is 4.42 Å². The van der Waals surface area contributed by atoms with Crippen LogP contribution in [0.25, 0.3) is 89.5 Å². The number of hydrogen-bond donors (Lipinski definition) is 0. The largest absolute Gasteiger partial charge is 0.455 e. The van der Waals surface area contributed by atoms with E-state index < -0.39 is 0 Å². The van der Waals surface area contributed by atoms with E-state index in [4.69, 9.17) is 19.4 Å². The van der Waals surface area contributed by atoms with Crippen LogP contribution in [0.5, 0.6) is 0 Å². The fourth-order valence-electron chi connectivity index (χ4n) is 6.50. The van der Waals surface area contributed by atoms with E-state index in [9.17, 15) is 0 Å². The zero-order chi connectivity index (χ0) is 32.6. The fourth-order valence-corrected chi connectivity index (χ4v) is 6.50. The van der Waals surface area contributed by atoms with Gasteiger partial charge in [-0.1, -0.05) is 164 Å². The lowest BCUT2D eigenvalue weighted by molar-refractivity contribution is 0.670. The Morgan fingerprint density at radius 1 is 0.286 bits per heavy atom. The molecule has 0 spiro atoms. The summed E-state index contributed by atoms with van der Waals surface area (Å²) in [5.41, 5.74) is 11.0. The van der Waals surface area contributed by atoms with Gasteiger partial charge in [0.2, 0.25) is 0 Å². The second-order valence-corrected chi connectivity index (χ2v) is 12.0. The van der Waals surface area contributed by atoms with Crippen LogP contribution < -0.4 is 0 Å². The molecule has 0 aliphatic carbocycles. The number of para-hydroxylation sites is 2. The van der Waals surface area contributed by atoms with Crippen LogP contribution in [0.15, 0.2) is 180 Å². The highest BCUT2D eigenvalue weighted by Crippen LogP contribution is 2.40. The van der Waals surface area contributed by atoms with Crippen molar-refractivity contribution in [2.45, 2.75) is 0 Å². The highest BCUT2D eigenvalue weighted by molar-refractivity contribution is 6.12. The molecule has 0 radical (unpaired) electrons. The van der Waals surface area contributed by atoms with E-state index in [1.807, 2.05) is 48.5 Å². The molecule has 4 heteroatoms. The van der Waals surface area contributed by atoms with Gasteiger partial charge in [-0.2, -0.15) is 0 Å². The summed E-state index contributed by atoms with van der Waals surface area (Å²) in [6.45, 7) is 0. The molecular weight excluding hydrogens is 599 g/mol. The average Bonchev–Trinajstić information content (AvgIpc) is 3.58. The molecule has 0 amide bonds. The zero-order valence-corrected chi connectivity index (χ0v) is 26.5. The summed E-state index contributed by atoms with van der Waals surface area (Å²) in [4.78, 5) is 15.1. The molecular formula is C45H29N3O. The molecule has 0 unspecified atom stereocenters. The number of aromatic nitrogens is 3. The standard InChI is InChI=1S/C45H29N3O/c1-4-13-30(14-5-1)32-25-27-34(28-26-32)44-46-43(33-17-8-3-9-18-33)47-45(48-44)40-24-12-23-39-38-22-11-21-37(41(38)49-42(39)40)36-20-10-19-35(29-36)31-15-6-2-7-16-31/h1-29H. The summed E-state index contributed by atoms with van der Waals surface area (Å²) in [5, 5.41) is 2.07. The van der Waals surface area contributed by atoms with Gasteiger partial charge in [0.05, 0.1) is 5.56 Å². The quantitative estimate of drug-likeness (QED) is 0.184. The van der Waals surface area contributed by atoms with Crippen LogP contribution in [0.1, 0.15) is 0 Å². The van der Waals surface area contributed by atoms with E-state index in [2.05, 4.69) is 127 Å². The van der Waals surface area contributed by atoms with Crippen LogP contribution in [-0.4, -0.2) is 15.0 Å². The molecule has 0 saturated carbocycles. The Bertz CT molecular complexity index is 2580. The predicted octanol–water partition coefficient (Wildman–Crippen LogP) is 11.8. The normalized spacial score (nSPS) is 11.3. The van der Waals surface area contributed by atoms with Crippen molar-refractivity contribution in [1.82, 2.24) is 15.0 Å². The molecule has 49 heavy (non-hydrogen) atoms. The number of nitrogens with zero attached hydrogens (tertiary/aromatic N) is 3. The van der Waals surface area contributed by atoms with Crippen LogP contribution in [0.3, 0.4) is 0 Å². The van der Waals surface area contributed by atoms with Crippen LogP contribution in [0, 0.1) is 0 Å². The first kappa shape index (κ1) is 28.6. The van der Waals surface area contributed by atoms with E-state index >= 15 is 0 Å². The maximum Gasteiger partial charge on any atom is 0.167 e. The maximum absolute atomic E-state index is 6.82. The molecule has 2 aromatic heterocycles. The Balaban J connectivity index is 1.20. The summed E-state index contributed by atoms with van der Waals surface area (Å²) < 4.78 is 6.82. The molecule has 9 aromatic rings. The van der Waals surface area contributed by atoms with Crippen molar-refractivity contribution in [3.8, 4) is 67.5 Å². The third-order valence-electron chi connectivity index (χ3n) is 8.96. The van der Waals surface area contributed by atoms with Crippen LogP contribution in [-0.2, 0) is 0 Å². The lowest BCUT2D eigenvalue weighted by atomic mass is 9.97. The lowest BCUT2D eigenvalue weighted by Gasteiger charge is -2.09. The Morgan fingerprint density at radius 2 is 0.694 bits per heavy atom. The number of furan rings is 1. The Morgan fingerprint density at radius 3 is 1.33 bits per heavy atom. The summed E-state index contributed by atoms with van der Waals surface area (Å²) in [5.74, 6) is 1.78. The van der Waals surface area contributed by atoms with Gasteiger partial charge >= 0.3 is 0 Å². The maximum atomic E-state index is 6.82. The first-order chi connectivity index (χ1) is 24.3. The molecule has 2 heterocycles. The van der Waals surface area contributed by atoms with Gasteiger partial charge in [-0.05, 0) is 39.9 Å². The van der Waals surface area contributed by atoms with Gasteiger partial charge in [-0.25, -0.2) is 15.0 Å². The molecule has 0 atom stereocenters. The first-order valence-corrected chi connectivity index (χ1v) is 16.4. The van der Waals surface area contributed by atoms with Gasteiger partial charge in [-0.15, -0.1) is 0 Å². The van der Waals surface area contributed by atoms with Gasteiger partial charge in [0.15, 0.2) is 17.5 Å². The monoisotopic (exact) mass is 627 g/mol. The summed E-state index contributed by atoms with van der Waals surface area (Å²) in [6, 6.07) is 60.4. The summed E-state index contributed by atoms with van der Waals surface area (Å²) >= 11 is 0.